The lowest BCUT2D eigenvalue weighted by Crippen LogP contribution is -2.17. The van der Waals surface area contributed by atoms with Crippen LogP contribution in [0.25, 0.3) is 17.2 Å². The lowest BCUT2D eigenvalue weighted by atomic mass is 9.76. The molecule has 0 amide bonds. The van der Waals surface area contributed by atoms with Gasteiger partial charge in [0.15, 0.2) is 0 Å². The Labute approximate surface area is 159 Å². The Kier molecular flexibility index (Phi) is 5.02. The molecule has 0 N–H and O–H groups in total. The first-order valence-corrected chi connectivity index (χ1v) is 10.6. The first-order chi connectivity index (χ1) is 12.7. The smallest absolute Gasteiger partial charge is 0.00574 e. The maximum atomic E-state index is 2.54. The van der Waals surface area contributed by atoms with E-state index in [0.717, 1.165) is 6.42 Å². The van der Waals surface area contributed by atoms with E-state index in [-0.39, 0.29) is 0 Å². The van der Waals surface area contributed by atoms with Crippen molar-refractivity contribution in [3.8, 4) is 11.1 Å². The van der Waals surface area contributed by atoms with Gasteiger partial charge in [-0.15, -0.1) is 0 Å². The quantitative estimate of drug-likeness (QED) is 0.506. The second-order valence-electron chi connectivity index (χ2n) is 8.54. The van der Waals surface area contributed by atoms with Crippen LogP contribution in [0, 0.1) is 5.41 Å². The monoisotopic (exact) mass is 344 g/mol. The second kappa shape index (κ2) is 7.43. The summed E-state index contributed by atoms with van der Waals surface area (Å²) >= 11 is 0. The normalized spacial score (nSPS) is 18.0. The van der Waals surface area contributed by atoms with Crippen LogP contribution in [0.4, 0.5) is 0 Å². The fourth-order valence-corrected chi connectivity index (χ4v) is 5.37. The van der Waals surface area contributed by atoms with Gasteiger partial charge >= 0.3 is 0 Å². The second-order valence-corrected chi connectivity index (χ2v) is 8.54. The molecule has 0 bridgehead atoms. The van der Waals surface area contributed by atoms with E-state index in [4.69, 9.17) is 0 Å². The van der Waals surface area contributed by atoms with Crippen LogP contribution in [0.1, 0.15) is 75.5 Å². The van der Waals surface area contributed by atoms with Crippen molar-refractivity contribution < 1.29 is 0 Å². The zero-order valence-electron chi connectivity index (χ0n) is 16.5. The van der Waals surface area contributed by atoms with E-state index in [2.05, 4.69) is 62.4 Å². The lowest BCUT2D eigenvalue weighted by molar-refractivity contribution is 0.265. The molecule has 2 aliphatic carbocycles. The lowest BCUT2D eigenvalue weighted by Gasteiger charge is -2.29. The maximum Gasteiger partial charge on any atom is -0.00574 e. The Morgan fingerprint density at radius 2 is 1.69 bits per heavy atom. The van der Waals surface area contributed by atoms with Crippen molar-refractivity contribution in [3.05, 3.63) is 64.7 Å². The SMILES string of the molecule is CCCC1(CC2=Cc3c(cccc3-c3ccc(CC)cc3)C2)CCCC1. The minimum absolute atomic E-state index is 0.603. The van der Waals surface area contributed by atoms with Gasteiger partial charge in [-0.05, 0) is 71.8 Å². The molecule has 0 spiro atoms. The first kappa shape index (κ1) is 17.6. The Balaban J connectivity index is 1.62. The third-order valence-electron chi connectivity index (χ3n) is 6.68. The molecule has 26 heavy (non-hydrogen) atoms. The Morgan fingerprint density at radius 1 is 0.923 bits per heavy atom. The molecule has 0 heterocycles. The number of fused-ring (bicyclic) bond motifs is 1. The van der Waals surface area contributed by atoms with E-state index in [1.807, 2.05) is 0 Å². The van der Waals surface area contributed by atoms with Crippen molar-refractivity contribution in [2.24, 2.45) is 5.41 Å². The molecule has 0 atom stereocenters. The first-order valence-electron chi connectivity index (χ1n) is 10.6. The molecule has 1 fully saturated rings. The molecule has 2 aromatic carbocycles. The van der Waals surface area contributed by atoms with Crippen LogP contribution in [0.3, 0.4) is 0 Å². The van der Waals surface area contributed by atoms with Crippen LogP contribution in [0.2, 0.25) is 0 Å². The minimum Gasteiger partial charge on any atom is -0.0654 e. The maximum absolute atomic E-state index is 2.54. The van der Waals surface area contributed by atoms with E-state index < -0.39 is 0 Å². The number of rotatable bonds is 6. The van der Waals surface area contributed by atoms with Crippen LogP contribution in [0.15, 0.2) is 48.0 Å². The van der Waals surface area contributed by atoms with Crippen LogP contribution in [-0.2, 0) is 12.8 Å². The molecule has 2 aromatic rings. The van der Waals surface area contributed by atoms with Gasteiger partial charge in [-0.2, -0.15) is 0 Å². The molecular weight excluding hydrogens is 312 g/mol. The summed E-state index contributed by atoms with van der Waals surface area (Å²) in [5.74, 6) is 0. The number of benzene rings is 2. The fourth-order valence-electron chi connectivity index (χ4n) is 5.37. The number of hydrogen-bond donors (Lipinski definition) is 0. The number of allylic oxidation sites excluding steroid dienone is 1. The van der Waals surface area contributed by atoms with E-state index in [0.29, 0.717) is 5.41 Å². The highest BCUT2D eigenvalue weighted by atomic mass is 14.4. The summed E-state index contributed by atoms with van der Waals surface area (Å²) in [7, 11) is 0. The molecule has 0 nitrogen and oxygen atoms in total. The summed E-state index contributed by atoms with van der Waals surface area (Å²) in [5.41, 5.74) is 9.48. The van der Waals surface area contributed by atoms with Gasteiger partial charge in [0.1, 0.15) is 0 Å². The highest BCUT2D eigenvalue weighted by Gasteiger charge is 2.34. The van der Waals surface area contributed by atoms with Crippen molar-refractivity contribution in [1.29, 1.82) is 0 Å². The van der Waals surface area contributed by atoms with Gasteiger partial charge in [0.2, 0.25) is 0 Å². The largest absolute Gasteiger partial charge is 0.0654 e. The predicted molar refractivity (Wildman–Crippen MR) is 113 cm³/mol. The Bertz CT molecular complexity index is 785. The van der Waals surface area contributed by atoms with Crippen molar-refractivity contribution in [1.82, 2.24) is 0 Å². The fraction of sp³-hybridized carbons (Fsp3) is 0.462. The van der Waals surface area contributed by atoms with Gasteiger partial charge < -0.3 is 0 Å². The van der Waals surface area contributed by atoms with Crippen molar-refractivity contribution in [3.63, 3.8) is 0 Å². The Morgan fingerprint density at radius 3 is 2.38 bits per heavy atom. The average Bonchev–Trinajstić information content (AvgIpc) is 3.28. The van der Waals surface area contributed by atoms with Crippen LogP contribution < -0.4 is 0 Å². The zero-order valence-corrected chi connectivity index (χ0v) is 16.5. The molecule has 4 rings (SSSR count). The predicted octanol–water partition coefficient (Wildman–Crippen LogP) is 7.61. The average molecular weight is 345 g/mol. The third-order valence-corrected chi connectivity index (χ3v) is 6.68. The van der Waals surface area contributed by atoms with E-state index >= 15 is 0 Å². The number of hydrogen-bond acceptors (Lipinski definition) is 0. The minimum atomic E-state index is 0.603. The van der Waals surface area contributed by atoms with E-state index in [1.54, 1.807) is 5.57 Å². The molecule has 2 aliphatic rings. The summed E-state index contributed by atoms with van der Waals surface area (Å²) < 4.78 is 0. The van der Waals surface area contributed by atoms with Gasteiger partial charge in [0, 0.05) is 0 Å². The molecule has 0 heteroatoms. The third kappa shape index (κ3) is 3.39. The van der Waals surface area contributed by atoms with Gasteiger partial charge in [-0.3, -0.25) is 0 Å². The van der Waals surface area contributed by atoms with Crippen LogP contribution >= 0.6 is 0 Å². The topological polar surface area (TPSA) is 0 Å². The highest BCUT2D eigenvalue weighted by Crippen LogP contribution is 2.48. The summed E-state index contributed by atoms with van der Waals surface area (Å²) in [4.78, 5) is 0. The van der Waals surface area contributed by atoms with E-state index in [9.17, 15) is 0 Å². The summed E-state index contributed by atoms with van der Waals surface area (Å²) in [6.45, 7) is 4.58. The van der Waals surface area contributed by atoms with Crippen molar-refractivity contribution >= 4 is 6.08 Å². The highest BCUT2D eigenvalue weighted by molar-refractivity contribution is 5.80. The van der Waals surface area contributed by atoms with Gasteiger partial charge in [0.25, 0.3) is 0 Å². The molecular formula is C26H32. The van der Waals surface area contributed by atoms with Gasteiger partial charge in [-0.1, -0.05) is 87.2 Å². The molecule has 0 saturated heterocycles. The molecule has 136 valence electrons. The van der Waals surface area contributed by atoms with Gasteiger partial charge in [-0.25, -0.2) is 0 Å². The summed E-state index contributed by atoms with van der Waals surface area (Å²) in [6.07, 6.45) is 14.6. The van der Waals surface area contributed by atoms with Crippen molar-refractivity contribution in [2.45, 2.75) is 71.6 Å². The van der Waals surface area contributed by atoms with Crippen LogP contribution in [-0.4, -0.2) is 0 Å². The number of aryl methyl sites for hydroxylation is 1. The van der Waals surface area contributed by atoms with Crippen molar-refractivity contribution in [2.75, 3.05) is 0 Å². The molecule has 0 aromatic heterocycles. The zero-order chi connectivity index (χ0) is 18.0. The molecule has 1 saturated carbocycles. The standard InChI is InChI=1S/C26H32/c1-3-14-26(15-5-6-16-26)19-21-17-23-8-7-9-24(25(23)18-21)22-12-10-20(4-2)11-13-22/h7-13,18H,3-6,14-17,19H2,1-2H3. The summed E-state index contributed by atoms with van der Waals surface area (Å²) in [5, 5.41) is 0. The molecule has 0 aliphatic heterocycles. The summed E-state index contributed by atoms with van der Waals surface area (Å²) in [6, 6.07) is 16.0. The molecule has 0 unspecified atom stereocenters. The van der Waals surface area contributed by atoms with E-state index in [1.165, 1.54) is 79.2 Å². The van der Waals surface area contributed by atoms with Crippen LogP contribution in [0.5, 0.6) is 0 Å². The van der Waals surface area contributed by atoms with Gasteiger partial charge in [0.05, 0.1) is 0 Å². The Hall–Kier alpha value is -1.82. The molecule has 0 radical (unpaired) electrons.